The maximum atomic E-state index is 12.3. The first kappa shape index (κ1) is 21.7. The Morgan fingerprint density at radius 3 is 2.32 bits per heavy atom. The Bertz CT molecular complexity index is 946. The lowest BCUT2D eigenvalue weighted by molar-refractivity contribution is -0.111. The maximum absolute atomic E-state index is 12.3. The number of nitrogens with one attached hydrogen (secondary N) is 2. The zero-order valence-corrected chi connectivity index (χ0v) is 17.6. The summed E-state index contributed by atoms with van der Waals surface area (Å²) in [5, 5.41) is 2.81. The molecule has 2 aromatic carbocycles. The summed E-state index contributed by atoms with van der Waals surface area (Å²) in [6.07, 6.45) is 3.76. The first-order valence-corrected chi connectivity index (χ1v) is 11.1. The van der Waals surface area contributed by atoms with Crippen LogP contribution in [-0.2, 0) is 14.8 Å². The van der Waals surface area contributed by atoms with Crippen molar-refractivity contribution < 1.29 is 13.2 Å². The van der Waals surface area contributed by atoms with Crippen molar-refractivity contribution >= 4 is 33.4 Å². The highest BCUT2D eigenvalue weighted by molar-refractivity contribution is 7.92. The van der Waals surface area contributed by atoms with Crippen LogP contribution in [-0.4, -0.2) is 20.1 Å². The molecule has 6 heteroatoms. The molecule has 0 saturated carbocycles. The van der Waals surface area contributed by atoms with Crippen LogP contribution in [0.3, 0.4) is 0 Å². The maximum Gasteiger partial charge on any atom is 0.248 e. The normalized spacial score (nSPS) is 11.8. The van der Waals surface area contributed by atoms with Gasteiger partial charge in [-0.3, -0.25) is 9.52 Å². The van der Waals surface area contributed by atoms with E-state index in [1.165, 1.54) is 11.6 Å². The van der Waals surface area contributed by atoms with Crippen molar-refractivity contribution in [1.82, 2.24) is 0 Å². The second-order valence-corrected chi connectivity index (χ2v) is 8.88. The number of carbonyl (C=O) groups is 1. The Morgan fingerprint density at radius 1 is 1.07 bits per heavy atom. The third-order valence-corrected chi connectivity index (χ3v) is 5.84. The van der Waals surface area contributed by atoms with Crippen molar-refractivity contribution in [2.45, 2.75) is 40.0 Å². The van der Waals surface area contributed by atoms with Gasteiger partial charge >= 0.3 is 0 Å². The van der Waals surface area contributed by atoms with E-state index >= 15 is 0 Å². The van der Waals surface area contributed by atoms with Gasteiger partial charge in [-0.25, -0.2) is 8.42 Å². The number of sulfonamides is 1. The minimum atomic E-state index is -3.39. The van der Waals surface area contributed by atoms with Gasteiger partial charge in [-0.05, 0) is 54.2 Å². The van der Waals surface area contributed by atoms with Crippen LogP contribution in [0, 0.1) is 6.92 Å². The highest BCUT2D eigenvalue weighted by Gasteiger charge is 2.12. The Kier molecular flexibility index (Phi) is 7.40. The fraction of sp³-hybridized carbons (Fsp3) is 0.318. The van der Waals surface area contributed by atoms with Gasteiger partial charge in [0, 0.05) is 11.8 Å². The number of benzene rings is 2. The van der Waals surface area contributed by atoms with Gasteiger partial charge in [-0.1, -0.05) is 51.1 Å². The number of amides is 1. The lowest BCUT2D eigenvalue weighted by atomic mass is 10.0. The number of rotatable bonds is 8. The predicted molar refractivity (Wildman–Crippen MR) is 117 cm³/mol. The molecule has 28 heavy (non-hydrogen) atoms. The van der Waals surface area contributed by atoms with Gasteiger partial charge in [-0.15, -0.1) is 0 Å². The van der Waals surface area contributed by atoms with Crippen LogP contribution in [0.5, 0.6) is 0 Å². The minimum absolute atomic E-state index is 0.0569. The van der Waals surface area contributed by atoms with Crippen molar-refractivity contribution in [3.63, 3.8) is 0 Å². The molecule has 0 atom stereocenters. The number of hydrogen-bond acceptors (Lipinski definition) is 3. The third kappa shape index (κ3) is 6.23. The molecule has 0 bridgehead atoms. The summed E-state index contributed by atoms with van der Waals surface area (Å²) in [4.78, 5) is 12.3. The lowest BCUT2D eigenvalue weighted by Gasteiger charge is -2.13. The molecule has 0 aliphatic heterocycles. The van der Waals surface area contributed by atoms with Crippen molar-refractivity contribution in [2.24, 2.45) is 0 Å². The molecule has 2 aromatic rings. The van der Waals surface area contributed by atoms with Crippen LogP contribution in [0.4, 0.5) is 11.4 Å². The fourth-order valence-corrected chi connectivity index (χ4v) is 3.90. The lowest BCUT2D eigenvalue weighted by Crippen LogP contribution is -2.17. The first-order valence-electron chi connectivity index (χ1n) is 9.41. The van der Waals surface area contributed by atoms with Crippen LogP contribution >= 0.6 is 0 Å². The zero-order valence-electron chi connectivity index (χ0n) is 16.8. The molecule has 2 rings (SSSR count). The molecule has 0 fully saturated rings. The molecule has 0 saturated heterocycles. The summed E-state index contributed by atoms with van der Waals surface area (Å²) in [7, 11) is -3.39. The summed E-state index contributed by atoms with van der Waals surface area (Å²) >= 11 is 0. The molecule has 2 N–H and O–H groups in total. The third-order valence-electron chi connectivity index (χ3n) is 4.36. The number of carbonyl (C=O) groups excluding carboxylic acids is 1. The molecule has 1 amide bonds. The summed E-state index contributed by atoms with van der Waals surface area (Å²) in [6, 6.07) is 13.2. The monoisotopic (exact) mass is 400 g/mol. The van der Waals surface area contributed by atoms with E-state index in [2.05, 4.69) is 36.0 Å². The number of anilines is 2. The summed E-state index contributed by atoms with van der Waals surface area (Å²) in [6.45, 7) is 7.85. The molecule has 5 nitrogen and oxygen atoms in total. The average Bonchev–Trinajstić information content (AvgIpc) is 2.63. The van der Waals surface area contributed by atoms with E-state index in [4.69, 9.17) is 0 Å². The Hall–Kier alpha value is -2.60. The van der Waals surface area contributed by atoms with Crippen LogP contribution in [0.2, 0.25) is 0 Å². The highest BCUT2D eigenvalue weighted by atomic mass is 32.2. The van der Waals surface area contributed by atoms with E-state index in [0.29, 0.717) is 29.3 Å². The molecule has 0 aliphatic rings. The van der Waals surface area contributed by atoms with Gasteiger partial charge in [0.15, 0.2) is 0 Å². The molecule has 0 heterocycles. The highest BCUT2D eigenvalue weighted by Crippen LogP contribution is 2.24. The Morgan fingerprint density at radius 2 is 1.71 bits per heavy atom. The molecule has 150 valence electrons. The van der Waals surface area contributed by atoms with E-state index in [0.717, 1.165) is 5.56 Å². The van der Waals surface area contributed by atoms with Crippen LogP contribution in [0.15, 0.2) is 48.5 Å². The number of hydrogen-bond donors (Lipinski definition) is 2. The van der Waals surface area contributed by atoms with Crippen LogP contribution < -0.4 is 10.0 Å². The Labute approximate surface area is 167 Å². The second-order valence-electron chi connectivity index (χ2n) is 7.04. The molecule has 0 aliphatic carbocycles. The van der Waals surface area contributed by atoms with E-state index in [1.807, 2.05) is 19.1 Å². The molecule has 0 unspecified atom stereocenters. The minimum Gasteiger partial charge on any atom is -0.322 e. The van der Waals surface area contributed by atoms with Gasteiger partial charge < -0.3 is 5.32 Å². The standard InChI is InChI=1S/C22H28N2O3S/c1-5-15-28(26,27)24-21-8-6-7-20(17(21)4)23-22(25)14-11-18-9-12-19(13-10-18)16(2)3/h6-14,16,24H,5,15H2,1-4H3,(H,23,25)/b14-11+. The average molecular weight is 401 g/mol. The molecular formula is C22H28N2O3S. The van der Waals surface area contributed by atoms with Crippen molar-refractivity contribution in [2.75, 3.05) is 15.8 Å². The van der Waals surface area contributed by atoms with E-state index in [-0.39, 0.29) is 11.7 Å². The van der Waals surface area contributed by atoms with Crippen molar-refractivity contribution in [3.05, 3.63) is 65.2 Å². The SMILES string of the molecule is CCCS(=O)(=O)Nc1cccc(NC(=O)/C=C/c2ccc(C(C)C)cc2)c1C. The quantitative estimate of drug-likeness (QED) is 0.618. The van der Waals surface area contributed by atoms with Crippen molar-refractivity contribution in [3.8, 4) is 0 Å². The summed E-state index contributed by atoms with van der Waals surface area (Å²) in [5.74, 6) is 0.248. The summed E-state index contributed by atoms with van der Waals surface area (Å²) in [5.41, 5.74) is 3.91. The Balaban J connectivity index is 2.08. The van der Waals surface area contributed by atoms with E-state index in [1.54, 1.807) is 31.2 Å². The molecule has 0 radical (unpaired) electrons. The van der Waals surface area contributed by atoms with Gasteiger partial charge in [0.1, 0.15) is 0 Å². The fourth-order valence-electron chi connectivity index (χ4n) is 2.71. The zero-order chi connectivity index (χ0) is 20.7. The molecular weight excluding hydrogens is 372 g/mol. The van der Waals surface area contributed by atoms with Crippen molar-refractivity contribution in [1.29, 1.82) is 0 Å². The largest absolute Gasteiger partial charge is 0.322 e. The van der Waals surface area contributed by atoms with E-state index < -0.39 is 10.0 Å². The van der Waals surface area contributed by atoms with Gasteiger partial charge in [0.05, 0.1) is 11.4 Å². The summed E-state index contributed by atoms with van der Waals surface area (Å²) < 4.78 is 26.6. The van der Waals surface area contributed by atoms with Crippen LogP contribution in [0.25, 0.3) is 6.08 Å². The van der Waals surface area contributed by atoms with Crippen LogP contribution in [0.1, 0.15) is 49.8 Å². The first-order chi connectivity index (χ1) is 13.2. The van der Waals surface area contributed by atoms with E-state index in [9.17, 15) is 13.2 Å². The van der Waals surface area contributed by atoms with Gasteiger partial charge in [0.2, 0.25) is 15.9 Å². The predicted octanol–water partition coefficient (Wildman–Crippen LogP) is 4.92. The van der Waals surface area contributed by atoms with Gasteiger partial charge in [-0.2, -0.15) is 0 Å². The van der Waals surface area contributed by atoms with Gasteiger partial charge in [0.25, 0.3) is 0 Å². The second kappa shape index (κ2) is 9.55. The molecule has 0 aromatic heterocycles. The smallest absolute Gasteiger partial charge is 0.248 e. The topological polar surface area (TPSA) is 75.3 Å². The molecule has 0 spiro atoms.